The molecule has 0 fully saturated rings. The van der Waals surface area contributed by atoms with Gasteiger partial charge in [0.25, 0.3) is 0 Å². The number of aryl methyl sites for hydroxylation is 2. The molecule has 0 aliphatic heterocycles. The molecule has 0 aromatic heterocycles. The molecule has 0 amide bonds. The summed E-state index contributed by atoms with van der Waals surface area (Å²) in [5.74, 6) is 1.58. The van der Waals surface area contributed by atoms with Crippen molar-refractivity contribution in [3.05, 3.63) is 58.7 Å². The second kappa shape index (κ2) is 18.6. The molecule has 1 N–H and O–H groups in total. The first kappa shape index (κ1) is 30.7. The highest BCUT2D eigenvalue weighted by molar-refractivity contribution is 7.41. The molecular formula is C32H51O3P. The first-order valence-electron chi connectivity index (χ1n) is 14.7. The molecular weight excluding hydrogens is 463 g/mol. The Labute approximate surface area is 223 Å². The van der Waals surface area contributed by atoms with Crippen molar-refractivity contribution in [2.45, 2.75) is 130 Å². The molecule has 2 aromatic carbocycles. The summed E-state index contributed by atoms with van der Waals surface area (Å²) in [5.41, 5.74) is 5.23. The first-order chi connectivity index (χ1) is 17.6. The third kappa shape index (κ3) is 10.8. The largest absolute Gasteiger partial charge is 0.460 e. The average molecular weight is 515 g/mol. The van der Waals surface area contributed by atoms with Gasteiger partial charge in [-0.1, -0.05) is 103 Å². The lowest BCUT2D eigenvalue weighted by molar-refractivity contribution is 0.377. The minimum atomic E-state index is -2.06. The van der Waals surface area contributed by atoms with Crippen LogP contribution in [0.2, 0.25) is 0 Å². The molecule has 0 saturated heterocycles. The third-order valence-electron chi connectivity index (χ3n) is 6.97. The maximum Gasteiger partial charge on any atom is 0.460 e. The van der Waals surface area contributed by atoms with Crippen LogP contribution in [0.4, 0.5) is 0 Å². The van der Waals surface area contributed by atoms with Crippen LogP contribution in [0.3, 0.4) is 0 Å². The van der Waals surface area contributed by atoms with Crippen LogP contribution >= 0.6 is 8.60 Å². The summed E-state index contributed by atoms with van der Waals surface area (Å²) < 4.78 is 12.3. The molecule has 2 rings (SSSR count). The van der Waals surface area contributed by atoms with E-state index in [1.807, 2.05) is 12.1 Å². The maximum absolute atomic E-state index is 11.0. The Hall–Kier alpha value is -1.57. The van der Waals surface area contributed by atoms with E-state index >= 15 is 0 Å². The zero-order valence-electron chi connectivity index (χ0n) is 23.5. The van der Waals surface area contributed by atoms with Gasteiger partial charge in [-0.2, -0.15) is 0 Å². The Bertz CT molecular complexity index is 782. The molecule has 0 unspecified atom stereocenters. The highest BCUT2D eigenvalue weighted by Gasteiger charge is 2.19. The van der Waals surface area contributed by atoms with Gasteiger partial charge < -0.3 is 13.9 Å². The Morgan fingerprint density at radius 2 is 0.889 bits per heavy atom. The molecule has 4 heteroatoms. The highest BCUT2D eigenvalue weighted by atomic mass is 31.2. The van der Waals surface area contributed by atoms with Crippen LogP contribution < -0.4 is 9.05 Å². The fourth-order valence-electron chi connectivity index (χ4n) is 4.85. The van der Waals surface area contributed by atoms with E-state index in [9.17, 15) is 4.89 Å². The predicted molar refractivity (Wildman–Crippen MR) is 156 cm³/mol. The Balaban J connectivity index is 2.20. The second-order valence-corrected chi connectivity index (χ2v) is 10.9. The van der Waals surface area contributed by atoms with Crippen molar-refractivity contribution >= 4 is 8.60 Å². The SMILES string of the molecule is CCCCCc1cccc(OP(O)Oc2cccc(CCCCC)c2CCCCC)c1CCCCC. The standard InChI is InChI=1S/C32H51O3P/c1-5-9-13-19-27-21-17-25-31(29(27)23-15-11-7-3)34-36(33)35-32-26-18-22-28(20-14-10-6-2)30(32)24-16-12-8-4/h17-18,21-22,25-26,33H,5-16,19-20,23-24H2,1-4H3. The van der Waals surface area contributed by atoms with Crippen LogP contribution in [-0.4, -0.2) is 4.89 Å². The van der Waals surface area contributed by atoms with Crippen LogP contribution in [0, 0.1) is 0 Å². The van der Waals surface area contributed by atoms with Crippen LogP contribution in [0.1, 0.15) is 127 Å². The molecule has 0 atom stereocenters. The van der Waals surface area contributed by atoms with Gasteiger partial charge in [-0.05, 0) is 85.8 Å². The monoisotopic (exact) mass is 514 g/mol. The Morgan fingerprint density at radius 1 is 0.528 bits per heavy atom. The van der Waals surface area contributed by atoms with E-state index in [2.05, 4.69) is 52.0 Å². The molecule has 0 aliphatic carbocycles. The lowest BCUT2D eigenvalue weighted by Gasteiger charge is -2.20. The van der Waals surface area contributed by atoms with Crippen molar-refractivity contribution in [2.24, 2.45) is 0 Å². The normalized spacial score (nSPS) is 11.3. The zero-order valence-corrected chi connectivity index (χ0v) is 24.4. The second-order valence-electron chi connectivity index (χ2n) is 10.0. The maximum atomic E-state index is 11.0. The smallest absolute Gasteiger partial charge is 0.418 e. The van der Waals surface area contributed by atoms with Crippen LogP contribution in [0.25, 0.3) is 0 Å². The molecule has 0 saturated carbocycles. The Morgan fingerprint density at radius 3 is 1.25 bits per heavy atom. The van der Waals surface area contributed by atoms with E-state index in [4.69, 9.17) is 9.05 Å². The van der Waals surface area contributed by atoms with Gasteiger partial charge in [-0.25, -0.2) is 0 Å². The summed E-state index contributed by atoms with van der Waals surface area (Å²) >= 11 is 0. The summed E-state index contributed by atoms with van der Waals surface area (Å²) in [7, 11) is -2.06. The topological polar surface area (TPSA) is 38.7 Å². The molecule has 0 aliphatic rings. The molecule has 3 nitrogen and oxygen atoms in total. The van der Waals surface area contributed by atoms with Gasteiger partial charge in [0.15, 0.2) is 0 Å². The van der Waals surface area contributed by atoms with Gasteiger partial charge in [0.2, 0.25) is 0 Å². The van der Waals surface area contributed by atoms with Gasteiger partial charge in [-0.15, -0.1) is 0 Å². The molecule has 0 heterocycles. The minimum Gasteiger partial charge on any atom is -0.418 e. The van der Waals surface area contributed by atoms with Crippen LogP contribution in [0.15, 0.2) is 36.4 Å². The molecule has 2 aromatic rings. The van der Waals surface area contributed by atoms with Crippen molar-refractivity contribution in [1.82, 2.24) is 0 Å². The zero-order chi connectivity index (χ0) is 26.0. The molecule has 202 valence electrons. The molecule has 0 spiro atoms. The summed E-state index contributed by atoms with van der Waals surface area (Å²) in [5, 5.41) is 0. The molecule has 36 heavy (non-hydrogen) atoms. The van der Waals surface area contributed by atoms with Gasteiger partial charge in [0.05, 0.1) is 0 Å². The van der Waals surface area contributed by atoms with E-state index in [0.29, 0.717) is 0 Å². The number of hydrogen-bond donors (Lipinski definition) is 1. The van der Waals surface area contributed by atoms with Gasteiger partial charge in [-0.3, -0.25) is 0 Å². The predicted octanol–water partition coefficient (Wildman–Crippen LogP) is 10.3. The first-order valence-corrected chi connectivity index (χ1v) is 15.8. The number of rotatable bonds is 20. The van der Waals surface area contributed by atoms with Crippen molar-refractivity contribution in [3.63, 3.8) is 0 Å². The minimum absolute atomic E-state index is 0.792. The van der Waals surface area contributed by atoms with Crippen LogP contribution in [0.5, 0.6) is 11.5 Å². The fourth-order valence-corrected chi connectivity index (χ4v) is 5.57. The molecule has 0 radical (unpaired) electrons. The highest BCUT2D eigenvalue weighted by Crippen LogP contribution is 2.41. The van der Waals surface area contributed by atoms with Gasteiger partial charge in [0.1, 0.15) is 11.5 Å². The van der Waals surface area contributed by atoms with Crippen molar-refractivity contribution in [3.8, 4) is 11.5 Å². The molecule has 0 bridgehead atoms. The van der Waals surface area contributed by atoms with E-state index in [-0.39, 0.29) is 0 Å². The number of unbranched alkanes of at least 4 members (excludes halogenated alkanes) is 8. The van der Waals surface area contributed by atoms with Crippen molar-refractivity contribution in [2.75, 3.05) is 0 Å². The third-order valence-corrected chi connectivity index (χ3v) is 7.68. The Kier molecular flexibility index (Phi) is 15.9. The van der Waals surface area contributed by atoms with E-state index < -0.39 is 8.60 Å². The van der Waals surface area contributed by atoms with Gasteiger partial charge >= 0.3 is 8.60 Å². The van der Waals surface area contributed by atoms with Crippen molar-refractivity contribution < 1.29 is 13.9 Å². The summed E-state index contributed by atoms with van der Waals surface area (Å²) in [6.07, 6.45) is 18.5. The summed E-state index contributed by atoms with van der Waals surface area (Å²) in [6, 6.07) is 12.6. The van der Waals surface area contributed by atoms with E-state index in [1.54, 1.807) is 0 Å². The average Bonchev–Trinajstić information content (AvgIpc) is 2.87. The number of hydrogen-bond acceptors (Lipinski definition) is 3. The van der Waals surface area contributed by atoms with Crippen molar-refractivity contribution in [1.29, 1.82) is 0 Å². The van der Waals surface area contributed by atoms with Gasteiger partial charge in [0, 0.05) is 0 Å². The lowest BCUT2D eigenvalue weighted by Crippen LogP contribution is -2.04. The summed E-state index contributed by atoms with van der Waals surface area (Å²) in [4.78, 5) is 11.0. The number of benzene rings is 2. The summed E-state index contributed by atoms with van der Waals surface area (Å²) in [6.45, 7) is 8.96. The quantitative estimate of drug-likeness (QED) is 0.141. The van der Waals surface area contributed by atoms with Crippen LogP contribution in [-0.2, 0) is 25.7 Å². The fraction of sp³-hybridized carbons (Fsp3) is 0.625. The van der Waals surface area contributed by atoms with E-state index in [1.165, 1.54) is 86.5 Å². The lowest BCUT2D eigenvalue weighted by atomic mass is 9.96. The van der Waals surface area contributed by atoms with E-state index in [0.717, 1.165) is 50.0 Å².